The van der Waals surface area contributed by atoms with Gasteiger partial charge in [0, 0.05) is 13.0 Å². The number of halogens is 4. The van der Waals surface area contributed by atoms with E-state index in [1.54, 1.807) is 13.8 Å². The third-order valence-corrected chi connectivity index (χ3v) is 2.89. The van der Waals surface area contributed by atoms with Crippen molar-refractivity contribution in [2.45, 2.75) is 45.3 Å². The molecule has 1 heterocycles. The second-order valence-corrected chi connectivity index (χ2v) is 4.87. The maximum atomic E-state index is 12.0. The van der Waals surface area contributed by atoms with Gasteiger partial charge in [-0.3, -0.25) is 14.3 Å². The number of aromatic amines is 1. The van der Waals surface area contributed by atoms with Gasteiger partial charge in [-0.1, -0.05) is 25.4 Å². The summed E-state index contributed by atoms with van der Waals surface area (Å²) in [6.45, 7) is 3.13. The van der Waals surface area contributed by atoms with Gasteiger partial charge in [-0.2, -0.15) is 13.2 Å². The van der Waals surface area contributed by atoms with Crippen LogP contribution in [0.3, 0.4) is 0 Å². The van der Waals surface area contributed by atoms with Crippen molar-refractivity contribution in [2.75, 3.05) is 0 Å². The third kappa shape index (κ3) is 4.12. The van der Waals surface area contributed by atoms with Gasteiger partial charge >= 0.3 is 11.9 Å². The summed E-state index contributed by atoms with van der Waals surface area (Å²) in [5.41, 5.74) is -1.22. The summed E-state index contributed by atoms with van der Waals surface area (Å²) in [7, 11) is 0. The van der Waals surface area contributed by atoms with Crippen LogP contribution in [-0.2, 0) is 6.54 Å². The molecule has 0 fully saturated rings. The maximum absolute atomic E-state index is 12.0. The fraction of sp³-hybridized carbons (Fsp3) is 0.636. The van der Waals surface area contributed by atoms with Crippen LogP contribution in [0.15, 0.2) is 9.59 Å². The minimum absolute atomic E-state index is 0.0583. The summed E-state index contributed by atoms with van der Waals surface area (Å²) in [5.74, 6) is -0.231. The molecule has 1 N–H and O–H groups in total. The van der Waals surface area contributed by atoms with Crippen LogP contribution in [0.2, 0.25) is 5.15 Å². The predicted molar refractivity (Wildman–Crippen MR) is 65.7 cm³/mol. The Labute approximate surface area is 112 Å². The number of hydrogen-bond donors (Lipinski definition) is 1. The van der Waals surface area contributed by atoms with Gasteiger partial charge in [0.2, 0.25) is 0 Å². The van der Waals surface area contributed by atoms with E-state index < -0.39 is 23.8 Å². The van der Waals surface area contributed by atoms with E-state index in [2.05, 4.69) is 4.98 Å². The fourth-order valence-corrected chi connectivity index (χ4v) is 2.08. The van der Waals surface area contributed by atoms with Crippen molar-refractivity contribution in [3.8, 4) is 0 Å². The van der Waals surface area contributed by atoms with E-state index in [9.17, 15) is 22.8 Å². The molecule has 0 atom stereocenters. The van der Waals surface area contributed by atoms with Crippen molar-refractivity contribution in [3.63, 3.8) is 0 Å². The van der Waals surface area contributed by atoms with Gasteiger partial charge in [-0.05, 0) is 12.3 Å². The largest absolute Gasteiger partial charge is 0.389 e. The van der Waals surface area contributed by atoms with E-state index in [-0.39, 0.29) is 29.6 Å². The zero-order valence-electron chi connectivity index (χ0n) is 10.5. The van der Waals surface area contributed by atoms with Crippen molar-refractivity contribution in [1.29, 1.82) is 0 Å². The first-order valence-corrected chi connectivity index (χ1v) is 6.10. The quantitative estimate of drug-likeness (QED) is 0.869. The first-order chi connectivity index (χ1) is 8.63. The van der Waals surface area contributed by atoms with Crippen LogP contribution >= 0.6 is 11.6 Å². The van der Waals surface area contributed by atoms with Crippen molar-refractivity contribution in [1.82, 2.24) is 9.55 Å². The fourth-order valence-electron chi connectivity index (χ4n) is 1.70. The van der Waals surface area contributed by atoms with Crippen LogP contribution < -0.4 is 11.2 Å². The molecule has 0 amide bonds. The molecule has 0 saturated heterocycles. The zero-order valence-corrected chi connectivity index (χ0v) is 11.2. The minimum atomic E-state index is -4.30. The average Bonchev–Trinajstić information content (AvgIpc) is 2.20. The first-order valence-electron chi connectivity index (χ1n) is 5.72. The molecular formula is C11H14ClF3N2O2. The highest BCUT2D eigenvalue weighted by Crippen LogP contribution is 2.21. The van der Waals surface area contributed by atoms with Crippen LogP contribution in [0.5, 0.6) is 0 Å². The van der Waals surface area contributed by atoms with Gasteiger partial charge in [0.15, 0.2) is 0 Å². The molecule has 0 unspecified atom stereocenters. The highest BCUT2D eigenvalue weighted by Gasteiger charge is 2.26. The van der Waals surface area contributed by atoms with Gasteiger partial charge in [0.05, 0.1) is 5.56 Å². The topological polar surface area (TPSA) is 54.9 Å². The summed E-state index contributed by atoms with van der Waals surface area (Å²) in [5, 5.41) is -0.0583. The van der Waals surface area contributed by atoms with Gasteiger partial charge in [-0.15, -0.1) is 0 Å². The Hall–Kier alpha value is -1.24. The van der Waals surface area contributed by atoms with Crippen LogP contribution in [0, 0.1) is 0 Å². The summed E-state index contributed by atoms with van der Waals surface area (Å²) in [4.78, 5) is 25.8. The van der Waals surface area contributed by atoms with E-state index in [1.165, 1.54) is 0 Å². The van der Waals surface area contributed by atoms with Gasteiger partial charge in [-0.25, -0.2) is 4.79 Å². The Morgan fingerprint density at radius 1 is 1.32 bits per heavy atom. The SMILES string of the molecule is CC(C)c1c(Cl)[nH]c(=O)n(CCCC(F)(F)F)c1=O. The van der Waals surface area contributed by atoms with E-state index in [0.29, 0.717) is 0 Å². The van der Waals surface area contributed by atoms with Gasteiger partial charge in [0.25, 0.3) is 5.56 Å². The monoisotopic (exact) mass is 298 g/mol. The van der Waals surface area contributed by atoms with Crippen molar-refractivity contribution < 1.29 is 13.2 Å². The van der Waals surface area contributed by atoms with Crippen LogP contribution in [0.1, 0.15) is 38.2 Å². The Morgan fingerprint density at radius 3 is 2.37 bits per heavy atom. The molecule has 4 nitrogen and oxygen atoms in total. The van der Waals surface area contributed by atoms with E-state index in [1.807, 2.05) is 0 Å². The Morgan fingerprint density at radius 2 is 1.89 bits per heavy atom. The third-order valence-electron chi connectivity index (χ3n) is 2.59. The molecule has 0 bridgehead atoms. The van der Waals surface area contributed by atoms with Gasteiger partial charge < -0.3 is 0 Å². The summed E-state index contributed by atoms with van der Waals surface area (Å²) >= 11 is 5.76. The van der Waals surface area contributed by atoms with Crippen molar-refractivity contribution in [2.24, 2.45) is 0 Å². The first kappa shape index (κ1) is 15.8. The van der Waals surface area contributed by atoms with E-state index in [4.69, 9.17) is 11.6 Å². The second-order valence-electron chi connectivity index (χ2n) is 4.49. The minimum Gasteiger partial charge on any atom is -0.297 e. The molecule has 0 spiro atoms. The molecule has 0 aliphatic rings. The molecule has 1 rings (SSSR count). The molecule has 19 heavy (non-hydrogen) atoms. The summed E-state index contributed by atoms with van der Waals surface area (Å²) < 4.78 is 36.9. The predicted octanol–water partition coefficient (Wildman–Crippen LogP) is 2.66. The molecule has 0 radical (unpaired) electrons. The molecular weight excluding hydrogens is 285 g/mol. The molecule has 0 saturated carbocycles. The van der Waals surface area contributed by atoms with E-state index in [0.717, 1.165) is 4.57 Å². The number of H-pyrrole nitrogens is 1. The van der Waals surface area contributed by atoms with Gasteiger partial charge in [0.1, 0.15) is 5.15 Å². The lowest BCUT2D eigenvalue weighted by Gasteiger charge is -2.11. The van der Waals surface area contributed by atoms with E-state index >= 15 is 0 Å². The number of alkyl halides is 3. The normalized spacial score (nSPS) is 12.2. The number of nitrogens with zero attached hydrogens (tertiary/aromatic N) is 1. The number of rotatable bonds is 4. The van der Waals surface area contributed by atoms with Crippen molar-refractivity contribution in [3.05, 3.63) is 31.6 Å². The second kappa shape index (κ2) is 5.81. The number of aromatic nitrogens is 2. The Kier molecular flexibility index (Phi) is 4.84. The molecule has 1 aromatic heterocycles. The molecule has 1 aromatic rings. The van der Waals surface area contributed by atoms with Crippen LogP contribution in [-0.4, -0.2) is 15.7 Å². The van der Waals surface area contributed by atoms with Crippen molar-refractivity contribution >= 4 is 11.6 Å². The molecule has 0 aromatic carbocycles. The van der Waals surface area contributed by atoms with Crippen LogP contribution in [0.4, 0.5) is 13.2 Å². The molecule has 108 valence electrons. The Bertz CT molecular complexity index is 561. The molecule has 8 heteroatoms. The highest BCUT2D eigenvalue weighted by atomic mass is 35.5. The maximum Gasteiger partial charge on any atom is 0.389 e. The molecule has 0 aliphatic carbocycles. The average molecular weight is 299 g/mol. The summed E-state index contributed by atoms with van der Waals surface area (Å²) in [6.07, 6.45) is -5.67. The lowest BCUT2D eigenvalue weighted by Crippen LogP contribution is -2.38. The smallest absolute Gasteiger partial charge is 0.297 e. The number of nitrogens with one attached hydrogen (secondary N) is 1. The zero-order chi connectivity index (χ0) is 14.8. The lowest BCUT2D eigenvalue weighted by atomic mass is 10.1. The number of hydrogen-bond acceptors (Lipinski definition) is 2. The summed E-state index contributed by atoms with van der Waals surface area (Å²) in [6, 6.07) is 0. The standard InChI is InChI=1S/C11H14ClF3N2O2/c1-6(2)7-8(12)16-10(19)17(9(7)18)5-3-4-11(13,14)15/h6H,3-5H2,1-2H3,(H,16,19). The lowest BCUT2D eigenvalue weighted by molar-refractivity contribution is -0.135. The Balaban J connectivity index is 3.06. The molecule has 0 aliphatic heterocycles. The van der Waals surface area contributed by atoms with Crippen LogP contribution in [0.25, 0.3) is 0 Å². The highest BCUT2D eigenvalue weighted by molar-refractivity contribution is 6.30.